The Bertz CT molecular complexity index is 839. The lowest BCUT2D eigenvalue weighted by atomic mass is 10.3. The van der Waals surface area contributed by atoms with E-state index >= 15 is 0 Å². The summed E-state index contributed by atoms with van der Waals surface area (Å²) in [5.41, 5.74) is 0.268. The van der Waals surface area contributed by atoms with E-state index in [0.29, 0.717) is 5.75 Å². The summed E-state index contributed by atoms with van der Waals surface area (Å²) in [7, 11) is -4.66. The molecule has 0 aliphatic rings. The number of halogens is 3. The van der Waals surface area contributed by atoms with Gasteiger partial charge >= 0.3 is 5.76 Å². The molecule has 1 atom stereocenters. The van der Waals surface area contributed by atoms with Crippen LogP contribution in [0.1, 0.15) is 6.92 Å². The van der Waals surface area contributed by atoms with Crippen molar-refractivity contribution < 1.29 is 26.7 Å². The zero-order valence-corrected chi connectivity index (χ0v) is 15.4. The van der Waals surface area contributed by atoms with E-state index in [0.717, 1.165) is 16.6 Å². The highest BCUT2D eigenvalue weighted by molar-refractivity contribution is 9.10. The van der Waals surface area contributed by atoms with Crippen LogP contribution in [0.15, 0.2) is 57.9 Å². The Morgan fingerprint density at radius 3 is 2.16 bits per heavy atom. The average Bonchev–Trinajstić information content (AvgIpc) is 2.57. The second-order valence-corrected chi connectivity index (χ2v) is 7.87. The van der Waals surface area contributed by atoms with Crippen molar-refractivity contribution >= 4 is 37.4 Å². The topological polar surface area (TPSA) is 72.5 Å². The fourth-order valence-corrected chi connectivity index (χ4v) is 2.83. The summed E-state index contributed by atoms with van der Waals surface area (Å²) < 4.78 is 54.0. The lowest BCUT2D eigenvalue weighted by Crippen LogP contribution is -2.30. The molecular weight excluding hydrogens is 420 g/mol. The van der Waals surface area contributed by atoms with Crippen LogP contribution < -0.4 is 10.1 Å². The molecule has 25 heavy (non-hydrogen) atoms. The predicted octanol–water partition coefficient (Wildman–Crippen LogP) is 3.85. The number of carbonyl (C=O) groups is 1. The Morgan fingerprint density at radius 2 is 1.64 bits per heavy atom. The molecule has 0 radical (unpaired) electrons. The normalized spacial score (nSPS) is 12.7. The third-order valence-corrected chi connectivity index (χ3v) is 5.11. The molecule has 0 fully saturated rings. The molecule has 0 aliphatic heterocycles. The van der Waals surface area contributed by atoms with Crippen molar-refractivity contribution in [3.8, 4) is 5.75 Å². The van der Waals surface area contributed by atoms with E-state index in [-0.39, 0.29) is 5.69 Å². The molecule has 2 aromatic rings. The van der Waals surface area contributed by atoms with Crippen LogP contribution in [0.3, 0.4) is 0 Å². The van der Waals surface area contributed by atoms with Crippen molar-refractivity contribution in [2.24, 2.45) is 0 Å². The number of sulfone groups is 1. The fourth-order valence-electron chi connectivity index (χ4n) is 1.85. The van der Waals surface area contributed by atoms with Gasteiger partial charge in [-0.15, -0.1) is 0 Å². The third-order valence-electron chi connectivity index (χ3n) is 3.18. The smallest absolute Gasteiger partial charge is 0.341 e. The highest BCUT2D eigenvalue weighted by Crippen LogP contribution is 2.21. The molecule has 1 N–H and O–H groups in total. The molecule has 0 spiro atoms. The fraction of sp³-hybridized carbons (Fsp3) is 0.188. The minimum atomic E-state index is -4.66. The Hall–Kier alpha value is -2.00. The number of rotatable bonds is 6. The molecule has 0 bridgehead atoms. The first-order chi connectivity index (χ1) is 11.7. The van der Waals surface area contributed by atoms with Crippen LogP contribution >= 0.6 is 15.9 Å². The van der Waals surface area contributed by atoms with Crippen molar-refractivity contribution in [3.63, 3.8) is 0 Å². The van der Waals surface area contributed by atoms with E-state index in [2.05, 4.69) is 21.2 Å². The largest absolute Gasteiger partial charge is 0.481 e. The Labute approximate surface area is 152 Å². The van der Waals surface area contributed by atoms with Gasteiger partial charge in [0.25, 0.3) is 5.91 Å². The number of hydrogen-bond donors (Lipinski definition) is 1. The maximum Gasteiger partial charge on any atom is 0.341 e. The first kappa shape index (κ1) is 19.3. The molecule has 2 rings (SSSR count). The van der Waals surface area contributed by atoms with Crippen molar-refractivity contribution in [1.29, 1.82) is 0 Å². The Balaban J connectivity index is 2.01. The molecular formula is C16H14BrF2NO4S. The number of alkyl halides is 2. The summed E-state index contributed by atoms with van der Waals surface area (Å²) in [4.78, 5) is 11.6. The van der Waals surface area contributed by atoms with Crippen molar-refractivity contribution in [2.75, 3.05) is 5.32 Å². The van der Waals surface area contributed by atoms with Gasteiger partial charge in [-0.3, -0.25) is 4.79 Å². The van der Waals surface area contributed by atoms with Gasteiger partial charge in [0.1, 0.15) is 5.75 Å². The van der Waals surface area contributed by atoms with Crippen molar-refractivity contribution in [3.05, 3.63) is 53.0 Å². The zero-order chi connectivity index (χ0) is 18.6. The number of amides is 1. The maximum absolute atomic E-state index is 12.5. The number of carbonyl (C=O) groups excluding carboxylic acids is 1. The van der Waals surface area contributed by atoms with Crippen molar-refractivity contribution in [2.45, 2.75) is 23.7 Å². The minimum absolute atomic E-state index is 0.268. The summed E-state index contributed by atoms with van der Waals surface area (Å²) in [5, 5.41) is 2.53. The van der Waals surface area contributed by atoms with Crippen molar-refractivity contribution in [1.82, 2.24) is 0 Å². The summed E-state index contributed by atoms with van der Waals surface area (Å²) in [6, 6.07) is 11.4. The highest BCUT2D eigenvalue weighted by Gasteiger charge is 2.26. The number of nitrogens with one attached hydrogen (secondary N) is 1. The van der Waals surface area contributed by atoms with E-state index < -0.39 is 32.5 Å². The first-order valence-electron chi connectivity index (χ1n) is 7.05. The molecule has 0 heterocycles. The number of anilines is 1. The molecule has 1 unspecified atom stereocenters. The van der Waals surface area contributed by atoms with E-state index in [1.807, 2.05) is 0 Å². The van der Waals surface area contributed by atoms with Gasteiger partial charge in [-0.25, -0.2) is 8.42 Å². The number of hydrogen-bond acceptors (Lipinski definition) is 4. The summed E-state index contributed by atoms with van der Waals surface area (Å²) in [6.07, 6.45) is -0.814. The van der Waals surface area contributed by atoms with E-state index in [1.54, 1.807) is 31.2 Å². The van der Waals surface area contributed by atoms with Gasteiger partial charge in [0.2, 0.25) is 9.84 Å². The quantitative estimate of drug-likeness (QED) is 0.750. The molecule has 0 saturated carbocycles. The van der Waals surface area contributed by atoms with Crippen LogP contribution in [-0.2, 0) is 14.6 Å². The van der Waals surface area contributed by atoms with Gasteiger partial charge in [0.05, 0.1) is 4.90 Å². The summed E-state index contributed by atoms with van der Waals surface area (Å²) >= 11 is 3.29. The second-order valence-electron chi connectivity index (χ2n) is 5.03. The lowest BCUT2D eigenvalue weighted by Gasteiger charge is -2.15. The predicted molar refractivity (Wildman–Crippen MR) is 92.5 cm³/mol. The number of benzene rings is 2. The zero-order valence-electron chi connectivity index (χ0n) is 12.9. The molecule has 5 nitrogen and oxygen atoms in total. The van der Waals surface area contributed by atoms with Crippen LogP contribution in [0, 0.1) is 0 Å². The summed E-state index contributed by atoms with van der Waals surface area (Å²) in [6.45, 7) is 1.55. The first-order valence-corrected chi connectivity index (χ1v) is 9.39. The van der Waals surface area contributed by atoms with Gasteiger partial charge < -0.3 is 10.1 Å². The molecule has 0 aliphatic carbocycles. The molecule has 9 heteroatoms. The lowest BCUT2D eigenvalue weighted by molar-refractivity contribution is -0.122. The summed E-state index contributed by atoms with van der Waals surface area (Å²) in [5.74, 6) is -3.45. The van der Waals surface area contributed by atoms with E-state index in [9.17, 15) is 22.0 Å². The van der Waals surface area contributed by atoms with Crippen LogP contribution in [0.2, 0.25) is 0 Å². The van der Waals surface area contributed by atoms with Crippen LogP contribution in [-0.4, -0.2) is 26.2 Å². The SMILES string of the molecule is CC(Oc1ccc(Br)cc1)C(=O)Nc1ccc(S(=O)(=O)C(F)F)cc1. The standard InChI is InChI=1S/C16H14BrF2NO4S/c1-10(24-13-6-2-11(17)3-7-13)15(21)20-12-4-8-14(9-5-12)25(22,23)16(18)19/h2-10,16H,1H3,(H,20,21). The Kier molecular flexibility index (Phi) is 6.12. The van der Waals surface area contributed by atoms with Gasteiger partial charge in [0.15, 0.2) is 6.10 Å². The Morgan fingerprint density at radius 1 is 1.08 bits per heavy atom. The van der Waals surface area contributed by atoms with Crippen LogP contribution in [0.4, 0.5) is 14.5 Å². The molecule has 2 aromatic carbocycles. The highest BCUT2D eigenvalue weighted by atomic mass is 79.9. The second kappa shape index (κ2) is 7.92. The number of ether oxygens (including phenoxy) is 1. The van der Waals surface area contributed by atoms with Gasteiger partial charge in [0, 0.05) is 10.2 Å². The van der Waals surface area contributed by atoms with Gasteiger partial charge in [-0.2, -0.15) is 8.78 Å². The van der Waals surface area contributed by atoms with Crippen LogP contribution in [0.5, 0.6) is 5.75 Å². The molecule has 0 saturated heterocycles. The van der Waals surface area contributed by atoms with E-state index in [4.69, 9.17) is 4.74 Å². The molecule has 134 valence electrons. The molecule has 1 amide bonds. The molecule has 0 aromatic heterocycles. The van der Waals surface area contributed by atoms with Crippen LogP contribution in [0.25, 0.3) is 0 Å². The maximum atomic E-state index is 12.5. The average molecular weight is 434 g/mol. The van der Waals surface area contributed by atoms with Gasteiger partial charge in [-0.1, -0.05) is 15.9 Å². The third kappa shape index (κ3) is 4.99. The van der Waals surface area contributed by atoms with Gasteiger partial charge in [-0.05, 0) is 55.5 Å². The monoisotopic (exact) mass is 433 g/mol. The minimum Gasteiger partial charge on any atom is -0.481 e. The van der Waals surface area contributed by atoms with E-state index in [1.165, 1.54) is 12.1 Å².